The van der Waals surface area contributed by atoms with E-state index in [0.717, 1.165) is 18.7 Å². The van der Waals surface area contributed by atoms with Crippen LogP contribution in [0.1, 0.15) is 11.3 Å². The van der Waals surface area contributed by atoms with E-state index in [0.29, 0.717) is 10.9 Å². The van der Waals surface area contributed by atoms with Gasteiger partial charge in [-0.15, -0.1) is 0 Å². The molecule has 21 heavy (non-hydrogen) atoms. The van der Waals surface area contributed by atoms with Gasteiger partial charge < -0.3 is 9.88 Å². The van der Waals surface area contributed by atoms with Crippen molar-refractivity contribution in [1.29, 1.82) is 0 Å². The zero-order valence-corrected chi connectivity index (χ0v) is 12.4. The van der Waals surface area contributed by atoms with Crippen LogP contribution in [-0.2, 0) is 11.2 Å². The SMILES string of the molecule is Cc1cc(=O)[nH]c(SCC(=O)N2CCc3ccccc32)n1. The van der Waals surface area contributed by atoms with Gasteiger partial charge >= 0.3 is 0 Å². The van der Waals surface area contributed by atoms with Gasteiger partial charge in [0.1, 0.15) is 0 Å². The molecule has 1 amide bonds. The van der Waals surface area contributed by atoms with E-state index in [9.17, 15) is 9.59 Å². The van der Waals surface area contributed by atoms with E-state index >= 15 is 0 Å². The molecule has 108 valence electrons. The van der Waals surface area contributed by atoms with Crippen LogP contribution in [0, 0.1) is 6.92 Å². The third kappa shape index (κ3) is 3.00. The Morgan fingerprint density at radius 1 is 1.43 bits per heavy atom. The average molecular weight is 301 g/mol. The number of hydrogen-bond donors (Lipinski definition) is 1. The van der Waals surface area contributed by atoms with Crippen molar-refractivity contribution in [2.75, 3.05) is 17.2 Å². The fourth-order valence-electron chi connectivity index (χ4n) is 2.43. The summed E-state index contributed by atoms with van der Waals surface area (Å²) in [6, 6.07) is 9.38. The fraction of sp³-hybridized carbons (Fsp3) is 0.267. The van der Waals surface area contributed by atoms with Crippen LogP contribution in [0.4, 0.5) is 5.69 Å². The molecule has 1 aromatic heterocycles. The van der Waals surface area contributed by atoms with E-state index < -0.39 is 0 Å². The molecular weight excluding hydrogens is 286 g/mol. The topological polar surface area (TPSA) is 66.1 Å². The number of H-pyrrole nitrogens is 1. The number of aromatic nitrogens is 2. The molecule has 2 heterocycles. The van der Waals surface area contributed by atoms with Crippen LogP contribution in [-0.4, -0.2) is 28.2 Å². The number of rotatable bonds is 3. The summed E-state index contributed by atoms with van der Waals surface area (Å²) in [6.45, 7) is 2.48. The maximum atomic E-state index is 12.3. The predicted octanol–water partition coefficient (Wildman–Crippen LogP) is 1.76. The molecule has 1 N–H and O–H groups in total. The average Bonchev–Trinajstić information content (AvgIpc) is 2.88. The summed E-state index contributed by atoms with van der Waals surface area (Å²) in [7, 11) is 0. The first-order valence-electron chi connectivity index (χ1n) is 6.72. The zero-order chi connectivity index (χ0) is 14.8. The monoisotopic (exact) mass is 301 g/mol. The van der Waals surface area contributed by atoms with Gasteiger partial charge in [-0.05, 0) is 25.0 Å². The Morgan fingerprint density at radius 3 is 3.05 bits per heavy atom. The summed E-state index contributed by atoms with van der Waals surface area (Å²) in [5.74, 6) is 0.301. The number of para-hydroxylation sites is 1. The van der Waals surface area contributed by atoms with Crippen LogP contribution in [0.2, 0.25) is 0 Å². The number of aromatic amines is 1. The van der Waals surface area contributed by atoms with Gasteiger partial charge in [-0.3, -0.25) is 9.59 Å². The van der Waals surface area contributed by atoms with Crippen molar-refractivity contribution in [3.05, 3.63) is 51.9 Å². The maximum absolute atomic E-state index is 12.3. The quantitative estimate of drug-likeness (QED) is 0.693. The van der Waals surface area contributed by atoms with Gasteiger partial charge in [0.25, 0.3) is 5.56 Å². The second-order valence-corrected chi connectivity index (χ2v) is 5.87. The molecule has 0 saturated carbocycles. The molecule has 3 rings (SSSR count). The molecule has 1 aliphatic heterocycles. The van der Waals surface area contributed by atoms with Gasteiger partial charge in [-0.1, -0.05) is 30.0 Å². The molecule has 1 aromatic carbocycles. The third-order valence-corrected chi connectivity index (χ3v) is 4.23. The van der Waals surface area contributed by atoms with Gasteiger partial charge in [0.05, 0.1) is 5.75 Å². The van der Waals surface area contributed by atoms with Crippen molar-refractivity contribution >= 4 is 23.4 Å². The summed E-state index contributed by atoms with van der Waals surface area (Å²) in [5.41, 5.74) is 2.66. The normalized spacial score (nSPS) is 13.3. The van der Waals surface area contributed by atoms with E-state index in [1.807, 2.05) is 18.2 Å². The number of carbonyl (C=O) groups is 1. The lowest BCUT2D eigenvalue weighted by Crippen LogP contribution is -2.30. The lowest BCUT2D eigenvalue weighted by molar-refractivity contribution is -0.116. The number of carbonyl (C=O) groups excluding carboxylic acids is 1. The lowest BCUT2D eigenvalue weighted by Gasteiger charge is -2.16. The summed E-state index contributed by atoms with van der Waals surface area (Å²) >= 11 is 1.26. The molecular formula is C15H15N3O2S. The molecule has 2 aromatic rings. The molecule has 0 fully saturated rings. The van der Waals surface area contributed by atoms with Crippen molar-refractivity contribution < 1.29 is 4.79 Å². The third-order valence-electron chi connectivity index (χ3n) is 3.37. The van der Waals surface area contributed by atoms with Gasteiger partial charge in [-0.2, -0.15) is 0 Å². The summed E-state index contributed by atoms with van der Waals surface area (Å²) in [6.07, 6.45) is 0.895. The van der Waals surface area contributed by atoms with E-state index in [1.165, 1.54) is 23.4 Å². The summed E-state index contributed by atoms with van der Waals surface area (Å²) in [4.78, 5) is 32.4. The predicted molar refractivity (Wildman–Crippen MR) is 82.8 cm³/mol. The van der Waals surface area contributed by atoms with Crippen LogP contribution < -0.4 is 10.5 Å². The zero-order valence-electron chi connectivity index (χ0n) is 11.6. The molecule has 6 heteroatoms. The number of amides is 1. The van der Waals surface area contributed by atoms with Crippen molar-refractivity contribution in [2.45, 2.75) is 18.5 Å². The van der Waals surface area contributed by atoms with Crippen LogP contribution in [0.25, 0.3) is 0 Å². The minimum Gasteiger partial charge on any atom is -0.311 e. The largest absolute Gasteiger partial charge is 0.311 e. The minimum absolute atomic E-state index is 0.0362. The smallest absolute Gasteiger partial charge is 0.251 e. The number of aryl methyl sites for hydroxylation is 1. The standard InChI is InChI=1S/C15H15N3O2S/c1-10-8-13(19)17-15(16-10)21-9-14(20)18-7-6-11-4-2-3-5-12(11)18/h2-5,8H,6-7,9H2,1H3,(H,16,17,19). The highest BCUT2D eigenvalue weighted by atomic mass is 32.2. The Labute approximate surface area is 126 Å². The van der Waals surface area contributed by atoms with Crippen LogP contribution in [0.5, 0.6) is 0 Å². The fourth-order valence-corrected chi connectivity index (χ4v) is 3.22. The van der Waals surface area contributed by atoms with Crippen molar-refractivity contribution in [1.82, 2.24) is 9.97 Å². The number of fused-ring (bicyclic) bond motifs is 1. The van der Waals surface area contributed by atoms with Gasteiger partial charge in [-0.25, -0.2) is 4.98 Å². The molecule has 0 atom stereocenters. The summed E-state index contributed by atoms with van der Waals surface area (Å²) < 4.78 is 0. The second kappa shape index (κ2) is 5.73. The van der Waals surface area contributed by atoms with Crippen molar-refractivity contribution in [3.8, 4) is 0 Å². The Bertz CT molecular complexity index is 742. The van der Waals surface area contributed by atoms with Crippen LogP contribution >= 0.6 is 11.8 Å². The first-order chi connectivity index (χ1) is 10.1. The second-order valence-electron chi connectivity index (χ2n) is 4.90. The van der Waals surface area contributed by atoms with E-state index in [1.54, 1.807) is 11.8 Å². The molecule has 0 radical (unpaired) electrons. The van der Waals surface area contributed by atoms with Gasteiger partial charge in [0, 0.05) is 24.0 Å². The van der Waals surface area contributed by atoms with Gasteiger partial charge in [0.2, 0.25) is 5.91 Å². The molecule has 0 spiro atoms. The lowest BCUT2D eigenvalue weighted by atomic mass is 10.2. The first-order valence-corrected chi connectivity index (χ1v) is 7.71. The molecule has 0 unspecified atom stereocenters. The Kier molecular flexibility index (Phi) is 3.79. The van der Waals surface area contributed by atoms with Crippen molar-refractivity contribution in [3.63, 3.8) is 0 Å². The summed E-state index contributed by atoms with van der Waals surface area (Å²) in [5, 5.41) is 0.487. The van der Waals surface area contributed by atoms with Crippen molar-refractivity contribution in [2.24, 2.45) is 0 Å². The highest BCUT2D eigenvalue weighted by Crippen LogP contribution is 2.28. The number of nitrogens with zero attached hydrogens (tertiary/aromatic N) is 2. The number of thioether (sulfide) groups is 1. The molecule has 0 bridgehead atoms. The molecule has 0 saturated heterocycles. The number of anilines is 1. The number of hydrogen-bond acceptors (Lipinski definition) is 4. The molecule has 1 aliphatic rings. The Morgan fingerprint density at radius 2 is 2.24 bits per heavy atom. The van der Waals surface area contributed by atoms with E-state index in [2.05, 4.69) is 16.0 Å². The first kappa shape index (κ1) is 13.9. The minimum atomic E-state index is -0.191. The number of nitrogens with one attached hydrogen (secondary N) is 1. The highest BCUT2D eigenvalue weighted by Gasteiger charge is 2.24. The molecule has 0 aliphatic carbocycles. The maximum Gasteiger partial charge on any atom is 0.251 e. The van der Waals surface area contributed by atoms with E-state index in [-0.39, 0.29) is 17.2 Å². The number of benzene rings is 1. The Balaban J connectivity index is 1.69. The molecule has 5 nitrogen and oxygen atoms in total. The van der Waals surface area contributed by atoms with E-state index in [4.69, 9.17) is 0 Å². The van der Waals surface area contributed by atoms with Gasteiger partial charge in [0.15, 0.2) is 5.16 Å². The highest BCUT2D eigenvalue weighted by molar-refractivity contribution is 7.99. The van der Waals surface area contributed by atoms with Crippen LogP contribution in [0.15, 0.2) is 40.3 Å². The van der Waals surface area contributed by atoms with Crippen LogP contribution in [0.3, 0.4) is 0 Å². The Hall–Kier alpha value is -2.08.